The van der Waals surface area contributed by atoms with Gasteiger partial charge in [0.2, 0.25) is 0 Å². The fraction of sp³-hybridized carbons (Fsp3) is 0.556. The number of amides is 2. The first-order chi connectivity index (χ1) is 6.97. The van der Waals surface area contributed by atoms with E-state index in [2.05, 4.69) is 22.1 Å². The largest absolute Gasteiger partial charge is 0.365 e. The maximum absolute atomic E-state index is 11.0. The molecule has 6 heteroatoms. The summed E-state index contributed by atoms with van der Waals surface area (Å²) in [7, 11) is 1.47. The molecule has 0 aliphatic rings. The quantitative estimate of drug-likeness (QED) is 0.307. The summed E-state index contributed by atoms with van der Waals surface area (Å²) in [6.45, 7) is 6.57. The molecule has 2 amide bonds. The molecule has 0 aromatic heterocycles. The number of hydrogen-bond donors (Lipinski definition) is 2. The van der Waals surface area contributed by atoms with Crippen molar-refractivity contribution in [2.24, 2.45) is 0 Å². The van der Waals surface area contributed by atoms with Gasteiger partial charge in [0.05, 0.1) is 0 Å². The average Bonchev–Trinajstić information content (AvgIpc) is 2.25. The molecule has 0 saturated heterocycles. The van der Waals surface area contributed by atoms with Crippen molar-refractivity contribution in [3.63, 3.8) is 0 Å². The van der Waals surface area contributed by atoms with Crippen LogP contribution in [0.2, 0.25) is 0 Å². The molecule has 0 rings (SSSR count). The summed E-state index contributed by atoms with van der Waals surface area (Å²) in [5.41, 5.74) is -1.06. The fourth-order valence-electron chi connectivity index (χ4n) is 0.638. The van der Waals surface area contributed by atoms with Gasteiger partial charge in [-0.05, 0) is 13.3 Å². The van der Waals surface area contributed by atoms with E-state index >= 15 is 0 Å². The van der Waals surface area contributed by atoms with Crippen molar-refractivity contribution in [1.82, 2.24) is 10.6 Å². The molecule has 0 aromatic rings. The van der Waals surface area contributed by atoms with Crippen molar-refractivity contribution in [1.29, 1.82) is 0 Å². The van der Waals surface area contributed by atoms with Crippen LogP contribution in [0.25, 0.3) is 0 Å². The van der Waals surface area contributed by atoms with Gasteiger partial charge in [0, 0.05) is 13.1 Å². The summed E-state index contributed by atoms with van der Waals surface area (Å²) in [4.78, 5) is 31.0. The van der Waals surface area contributed by atoms with Crippen LogP contribution in [-0.4, -0.2) is 24.8 Å². The molecule has 1 unspecified atom stereocenters. The van der Waals surface area contributed by atoms with Gasteiger partial charge in [-0.1, -0.05) is 13.5 Å². The smallest absolute Gasteiger partial charge is 0.341 e. The maximum atomic E-state index is 11.0. The number of hydrogen-bond acceptors (Lipinski definition) is 4. The summed E-state index contributed by atoms with van der Waals surface area (Å²) < 4.78 is 0. The van der Waals surface area contributed by atoms with E-state index in [4.69, 9.17) is 4.89 Å². The van der Waals surface area contributed by atoms with E-state index in [1.54, 1.807) is 13.8 Å². The molecule has 0 aliphatic carbocycles. The molecule has 0 radical (unpaired) electrons. The first-order valence-electron chi connectivity index (χ1n) is 4.49. The van der Waals surface area contributed by atoms with E-state index in [0.29, 0.717) is 6.42 Å². The van der Waals surface area contributed by atoms with E-state index in [-0.39, 0.29) is 0 Å². The third kappa shape index (κ3) is 5.02. The third-order valence-electron chi connectivity index (χ3n) is 1.75. The lowest BCUT2D eigenvalue weighted by atomic mass is 10.2. The predicted octanol–water partition coefficient (Wildman–Crippen LogP) is 0.702. The Morgan fingerprint density at radius 1 is 1.53 bits per heavy atom. The molecule has 6 nitrogen and oxygen atoms in total. The zero-order valence-corrected chi connectivity index (χ0v) is 9.12. The summed E-state index contributed by atoms with van der Waals surface area (Å²) in [6, 6.07) is -0.422. The molecule has 0 fully saturated rings. The van der Waals surface area contributed by atoms with Gasteiger partial charge in [-0.2, -0.15) is 4.89 Å². The van der Waals surface area contributed by atoms with Crippen molar-refractivity contribution in [2.75, 3.05) is 7.05 Å². The number of nitrogens with one attached hydrogen (secondary N) is 2. The molecular formula is C9H16N2O4. The lowest BCUT2D eigenvalue weighted by Gasteiger charge is -2.26. The number of carbonyl (C=O) groups is 2. The highest BCUT2D eigenvalue weighted by atomic mass is 17.2. The van der Waals surface area contributed by atoms with Gasteiger partial charge in [0.15, 0.2) is 5.72 Å². The molecule has 0 aromatic carbocycles. The Morgan fingerprint density at radius 3 is 2.53 bits per heavy atom. The third-order valence-corrected chi connectivity index (χ3v) is 1.75. The fourth-order valence-corrected chi connectivity index (χ4v) is 0.638. The Labute approximate surface area is 88.5 Å². The molecule has 0 bridgehead atoms. The van der Waals surface area contributed by atoms with Crippen molar-refractivity contribution < 1.29 is 19.4 Å². The molecule has 0 aliphatic heterocycles. The van der Waals surface area contributed by atoms with E-state index in [1.165, 1.54) is 7.05 Å². The summed E-state index contributed by atoms with van der Waals surface area (Å²) in [6.07, 6.45) is 1.40. The zero-order chi connectivity index (χ0) is 11.9. The van der Waals surface area contributed by atoms with Crippen LogP contribution in [0.15, 0.2) is 12.7 Å². The Balaban J connectivity index is 4.24. The monoisotopic (exact) mass is 216 g/mol. The van der Waals surface area contributed by atoms with Crippen molar-refractivity contribution in [3.05, 3.63) is 12.7 Å². The zero-order valence-electron chi connectivity index (χ0n) is 9.12. The molecule has 86 valence electrons. The van der Waals surface area contributed by atoms with Crippen molar-refractivity contribution in [3.8, 4) is 0 Å². The second-order valence-electron chi connectivity index (χ2n) is 2.98. The Bertz CT molecular complexity index is 254. The van der Waals surface area contributed by atoms with Crippen LogP contribution in [0.3, 0.4) is 0 Å². The molecule has 0 spiro atoms. The maximum Gasteiger partial charge on any atom is 0.365 e. The SMILES string of the molecule is C=CC(=O)OOC(C)(CC)NC(=O)NC. The summed E-state index contributed by atoms with van der Waals surface area (Å²) >= 11 is 0. The van der Waals surface area contributed by atoms with Crippen LogP contribution in [-0.2, 0) is 14.6 Å². The Hall–Kier alpha value is -1.56. The molecule has 2 N–H and O–H groups in total. The molecule has 1 atom stereocenters. The lowest BCUT2D eigenvalue weighted by Crippen LogP contribution is -2.51. The number of carbonyl (C=O) groups excluding carboxylic acids is 2. The van der Waals surface area contributed by atoms with Crippen LogP contribution in [0, 0.1) is 0 Å². The minimum absolute atomic E-state index is 0.422. The average molecular weight is 216 g/mol. The van der Waals surface area contributed by atoms with Crippen LogP contribution < -0.4 is 10.6 Å². The van der Waals surface area contributed by atoms with E-state index in [0.717, 1.165) is 6.08 Å². The highest BCUT2D eigenvalue weighted by Gasteiger charge is 2.27. The normalized spacial score (nSPS) is 13.5. The molecular weight excluding hydrogens is 200 g/mol. The predicted molar refractivity (Wildman–Crippen MR) is 53.7 cm³/mol. The van der Waals surface area contributed by atoms with E-state index < -0.39 is 17.7 Å². The molecule has 0 saturated carbocycles. The number of urea groups is 1. The lowest BCUT2D eigenvalue weighted by molar-refractivity contribution is -0.331. The van der Waals surface area contributed by atoms with Crippen LogP contribution in [0.1, 0.15) is 20.3 Å². The second kappa shape index (κ2) is 6.02. The molecule has 0 heterocycles. The van der Waals surface area contributed by atoms with Crippen molar-refractivity contribution >= 4 is 12.0 Å². The summed E-state index contributed by atoms with van der Waals surface area (Å²) in [5.74, 6) is -0.714. The van der Waals surface area contributed by atoms with Gasteiger partial charge in [0.25, 0.3) is 0 Å². The van der Waals surface area contributed by atoms with Gasteiger partial charge in [0.1, 0.15) is 0 Å². The van der Waals surface area contributed by atoms with Gasteiger partial charge in [-0.15, -0.1) is 0 Å². The van der Waals surface area contributed by atoms with Gasteiger partial charge < -0.3 is 10.6 Å². The van der Waals surface area contributed by atoms with E-state index in [1.807, 2.05) is 0 Å². The minimum Gasteiger partial charge on any atom is -0.341 e. The minimum atomic E-state index is -1.06. The van der Waals surface area contributed by atoms with Crippen molar-refractivity contribution in [2.45, 2.75) is 26.0 Å². The standard InChI is InChI=1S/C9H16N2O4/c1-5-7(12)14-15-9(3,6-2)11-8(13)10-4/h5H,1,6H2,2-4H3,(H2,10,11,13). The number of rotatable bonds is 5. The van der Waals surface area contributed by atoms with Gasteiger partial charge in [-0.3, -0.25) is 4.89 Å². The highest BCUT2D eigenvalue weighted by Crippen LogP contribution is 2.11. The first-order valence-corrected chi connectivity index (χ1v) is 4.49. The van der Waals surface area contributed by atoms with Crippen LogP contribution in [0.5, 0.6) is 0 Å². The van der Waals surface area contributed by atoms with Gasteiger partial charge >= 0.3 is 12.0 Å². The second-order valence-corrected chi connectivity index (χ2v) is 2.98. The molecule has 15 heavy (non-hydrogen) atoms. The summed E-state index contributed by atoms with van der Waals surface area (Å²) in [5, 5.41) is 4.85. The van der Waals surface area contributed by atoms with Crippen LogP contribution >= 0.6 is 0 Å². The Kier molecular flexibility index (Phi) is 5.40. The van der Waals surface area contributed by atoms with Crippen LogP contribution in [0.4, 0.5) is 4.79 Å². The highest BCUT2D eigenvalue weighted by molar-refractivity contribution is 5.80. The first kappa shape index (κ1) is 13.4. The van der Waals surface area contributed by atoms with Gasteiger partial charge in [-0.25, -0.2) is 9.59 Å². The Morgan fingerprint density at radius 2 is 2.13 bits per heavy atom. The topological polar surface area (TPSA) is 76.7 Å². The van der Waals surface area contributed by atoms with E-state index in [9.17, 15) is 9.59 Å².